The van der Waals surface area contributed by atoms with Crippen molar-refractivity contribution < 1.29 is 4.52 Å². The quantitative estimate of drug-likeness (QED) is 0.687. The lowest BCUT2D eigenvalue weighted by Gasteiger charge is -2.04. The molecule has 0 bridgehead atoms. The fourth-order valence-corrected chi connectivity index (χ4v) is 2.62. The summed E-state index contributed by atoms with van der Waals surface area (Å²) in [5.41, 5.74) is 0.829. The molecule has 0 aromatic carbocycles. The SMILES string of the molecule is CC(C)c1noc([C@@H](C)Sc2nnc3ccccn23)n1. The number of nitrogens with zero attached hydrogens (tertiary/aromatic N) is 5. The van der Waals surface area contributed by atoms with Crippen LogP contribution < -0.4 is 0 Å². The van der Waals surface area contributed by atoms with E-state index in [0.717, 1.165) is 16.6 Å². The highest BCUT2D eigenvalue weighted by Crippen LogP contribution is 2.33. The van der Waals surface area contributed by atoms with Crippen molar-refractivity contribution in [3.05, 3.63) is 36.1 Å². The van der Waals surface area contributed by atoms with Gasteiger partial charge in [-0.25, -0.2) is 0 Å². The first-order valence-corrected chi connectivity index (χ1v) is 7.33. The van der Waals surface area contributed by atoms with Crippen LogP contribution in [0.2, 0.25) is 0 Å². The van der Waals surface area contributed by atoms with Gasteiger partial charge in [0.2, 0.25) is 5.89 Å². The third kappa shape index (κ3) is 2.40. The van der Waals surface area contributed by atoms with Gasteiger partial charge in [0.05, 0.1) is 5.25 Å². The lowest BCUT2D eigenvalue weighted by atomic mass is 10.2. The topological polar surface area (TPSA) is 69.1 Å². The van der Waals surface area contributed by atoms with Crippen LogP contribution in [0.1, 0.15) is 43.7 Å². The molecule has 0 radical (unpaired) electrons. The Balaban J connectivity index is 1.82. The van der Waals surface area contributed by atoms with Crippen LogP contribution in [-0.2, 0) is 0 Å². The van der Waals surface area contributed by atoms with Crippen LogP contribution in [0.25, 0.3) is 5.65 Å². The fourth-order valence-electron chi connectivity index (χ4n) is 1.76. The molecule has 0 aliphatic heterocycles. The number of rotatable bonds is 4. The normalized spacial score (nSPS) is 13.2. The third-order valence-electron chi connectivity index (χ3n) is 2.89. The summed E-state index contributed by atoms with van der Waals surface area (Å²) in [6, 6.07) is 5.81. The highest BCUT2D eigenvalue weighted by molar-refractivity contribution is 7.99. The second kappa shape index (κ2) is 5.24. The summed E-state index contributed by atoms with van der Waals surface area (Å²) < 4.78 is 7.25. The number of thioether (sulfide) groups is 1. The number of fused-ring (bicyclic) bond motifs is 1. The monoisotopic (exact) mass is 289 g/mol. The van der Waals surface area contributed by atoms with E-state index in [1.807, 2.05) is 49.6 Å². The van der Waals surface area contributed by atoms with Crippen LogP contribution in [0, 0.1) is 0 Å². The molecule has 1 atom stereocenters. The molecule has 0 aliphatic rings. The van der Waals surface area contributed by atoms with Crippen molar-refractivity contribution in [2.45, 2.75) is 37.1 Å². The zero-order valence-electron chi connectivity index (χ0n) is 11.5. The molecule has 0 amide bonds. The molecule has 3 aromatic heterocycles. The Bertz CT molecular complexity index is 720. The fraction of sp³-hybridized carbons (Fsp3) is 0.385. The van der Waals surface area contributed by atoms with Crippen molar-refractivity contribution in [2.75, 3.05) is 0 Å². The highest BCUT2D eigenvalue weighted by atomic mass is 32.2. The summed E-state index contributed by atoms with van der Waals surface area (Å²) >= 11 is 1.55. The molecule has 0 fully saturated rings. The molecule has 3 aromatic rings. The standard InChI is InChI=1S/C13H15N5OS/c1-8(2)11-14-12(19-17-11)9(3)20-13-16-15-10-6-4-5-7-18(10)13/h4-9H,1-3H3/t9-/m1/s1. The van der Waals surface area contributed by atoms with E-state index in [0.29, 0.717) is 5.89 Å². The van der Waals surface area contributed by atoms with Crippen LogP contribution in [0.3, 0.4) is 0 Å². The van der Waals surface area contributed by atoms with Crippen molar-refractivity contribution in [1.82, 2.24) is 24.7 Å². The minimum atomic E-state index is 0.0302. The molecule has 0 saturated carbocycles. The van der Waals surface area contributed by atoms with Crippen molar-refractivity contribution in [3.63, 3.8) is 0 Å². The van der Waals surface area contributed by atoms with E-state index in [1.54, 1.807) is 11.8 Å². The maximum Gasteiger partial charge on any atom is 0.239 e. The Morgan fingerprint density at radius 3 is 2.80 bits per heavy atom. The van der Waals surface area contributed by atoms with Crippen molar-refractivity contribution in [3.8, 4) is 0 Å². The molecule has 3 heterocycles. The van der Waals surface area contributed by atoms with Gasteiger partial charge in [-0.1, -0.05) is 36.8 Å². The van der Waals surface area contributed by atoms with E-state index in [4.69, 9.17) is 4.52 Å². The largest absolute Gasteiger partial charge is 0.338 e. The summed E-state index contributed by atoms with van der Waals surface area (Å²) in [5, 5.41) is 13.1. The molecule has 3 rings (SSSR count). The first-order chi connectivity index (χ1) is 9.65. The Morgan fingerprint density at radius 1 is 1.20 bits per heavy atom. The van der Waals surface area contributed by atoms with Crippen molar-refractivity contribution in [1.29, 1.82) is 0 Å². The maximum absolute atomic E-state index is 5.31. The third-order valence-corrected chi connectivity index (χ3v) is 3.93. The number of hydrogen-bond acceptors (Lipinski definition) is 6. The average Bonchev–Trinajstić information content (AvgIpc) is 3.06. The summed E-state index contributed by atoms with van der Waals surface area (Å²) in [5.74, 6) is 1.61. The minimum absolute atomic E-state index is 0.0302. The molecular formula is C13H15N5OS. The van der Waals surface area contributed by atoms with Crippen LogP contribution >= 0.6 is 11.8 Å². The van der Waals surface area contributed by atoms with Crippen LogP contribution in [0.5, 0.6) is 0 Å². The van der Waals surface area contributed by atoms with Crippen LogP contribution in [0.4, 0.5) is 0 Å². The Hall–Kier alpha value is -1.89. The van der Waals surface area contributed by atoms with E-state index in [9.17, 15) is 0 Å². The lowest BCUT2D eigenvalue weighted by Crippen LogP contribution is -1.94. The van der Waals surface area contributed by atoms with Crippen LogP contribution in [0.15, 0.2) is 34.1 Å². The van der Waals surface area contributed by atoms with E-state index in [-0.39, 0.29) is 11.2 Å². The summed E-state index contributed by atoms with van der Waals surface area (Å²) in [4.78, 5) is 4.41. The summed E-state index contributed by atoms with van der Waals surface area (Å²) in [6.45, 7) is 6.10. The Labute approximate surface area is 120 Å². The van der Waals surface area contributed by atoms with Gasteiger partial charge in [-0.2, -0.15) is 4.98 Å². The molecule has 7 heteroatoms. The molecule has 20 heavy (non-hydrogen) atoms. The van der Waals surface area contributed by atoms with Gasteiger partial charge in [0.25, 0.3) is 0 Å². The Kier molecular flexibility index (Phi) is 3.43. The van der Waals surface area contributed by atoms with Crippen molar-refractivity contribution >= 4 is 17.4 Å². The highest BCUT2D eigenvalue weighted by Gasteiger charge is 2.19. The molecule has 0 aliphatic carbocycles. The van der Waals surface area contributed by atoms with Gasteiger partial charge in [-0.15, -0.1) is 10.2 Å². The predicted molar refractivity (Wildman–Crippen MR) is 75.6 cm³/mol. The molecule has 0 spiro atoms. The van der Waals surface area contributed by atoms with E-state index in [1.165, 1.54) is 0 Å². The lowest BCUT2D eigenvalue weighted by molar-refractivity contribution is 0.373. The summed E-state index contributed by atoms with van der Waals surface area (Å²) in [7, 11) is 0. The molecule has 0 saturated heterocycles. The van der Waals surface area contributed by atoms with E-state index >= 15 is 0 Å². The second-order valence-electron chi connectivity index (χ2n) is 4.82. The molecular weight excluding hydrogens is 274 g/mol. The van der Waals surface area contributed by atoms with E-state index < -0.39 is 0 Å². The zero-order chi connectivity index (χ0) is 14.1. The molecule has 6 nitrogen and oxygen atoms in total. The van der Waals surface area contributed by atoms with Gasteiger partial charge >= 0.3 is 0 Å². The van der Waals surface area contributed by atoms with Gasteiger partial charge in [0.1, 0.15) is 0 Å². The molecule has 104 valence electrons. The molecule has 0 N–H and O–H groups in total. The Morgan fingerprint density at radius 2 is 2.05 bits per heavy atom. The van der Waals surface area contributed by atoms with E-state index in [2.05, 4.69) is 20.3 Å². The average molecular weight is 289 g/mol. The minimum Gasteiger partial charge on any atom is -0.338 e. The van der Waals surface area contributed by atoms with Gasteiger partial charge in [-0.05, 0) is 19.1 Å². The van der Waals surface area contributed by atoms with Gasteiger partial charge in [-0.3, -0.25) is 4.40 Å². The predicted octanol–water partition coefficient (Wildman–Crippen LogP) is 3.09. The van der Waals surface area contributed by atoms with Crippen LogP contribution in [-0.4, -0.2) is 24.7 Å². The maximum atomic E-state index is 5.31. The van der Waals surface area contributed by atoms with Gasteiger partial charge in [0.15, 0.2) is 16.6 Å². The molecule has 0 unspecified atom stereocenters. The van der Waals surface area contributed by atoms with Crippen molar-refractivity contribution in [2.24, 2.45) is 0 Å². The number of pyridine rings is 1. The number of aromatic nitrogens is 5. The first-order valence-electron chi connectivity index (χ1n) is 6.45. The smallest absolute Gasteiger partial charge is 0.239 e. The zero-order valence-corrected chi connectivity index (χ0v) is 12.3. The van der Waals surface area contributed by atoms with Gasteiger partial charge < -0.3 is 4.52 Å². The van der Waals surface area contributed by atoms with Gasteiger partial charge in [0, 0.05) is 12.1 Å². The number of hydrogen-bond donors (Lipinski definition) is 0. The second-order valence-corrected chi connectivity index (χ2v) is 6.12. The summed E-state index contributed by atoms with van der Waals surface area (Å²) in [6.07, 6.45) is 1.94. The first kappa shape index (κ1) is 13.1.